The molecule has 5 heteroatoms. The van der Waals surface area contributed by atoms with E-state index in [0.717, 1.165) is 56.7 Å². The third-order valence-corrected chi connectivity index (χ3v) is 4.18. The molecule has 1 saturated carbocycles. The van der Waals surface area contributed by atoms with E-state index in [2.05, 4.69) is 33.2 Å². The number of anilines is 1. The molecule has 1 N–H and O–H groups in total. The minimum absolute atomic E-state index is 0.180. The number of nitrogens with zero attached hydrogens (tertiary/aromatic N) is 3. The summed E-state index contributed by atoms with van der Waals surface area (Å²) in [5.74, 6) is 1.43. The zero-order valence-corrected chi connectivity index (χ0v) is 12.0. The molecule has 0 atom stereocenters. The summed E-state index contributed by atoms with van der Waals surface area (Å²) in [6, 6.07) is 2.53. The molecular weight excluding hydrogens is 252 g/mol. The highest BCUT2D eigenvalue weighted by Crippen LogP contribution is 2.24. The van der Waals surface area contributed by atoms with Gasteiger partial charge in [-0.1, -0.05) is 6.92 Å². The number of hydrogen-bond donors (Lipinski definition) is 1. The lowest BCUT2D eigenvalue weighted by molar-refractivity contribution is -0.125. The summed E-state index contributed by atoms with van der Waals surface area (Å²) in [7, 11) is 0. The molecule has 3 rings (SSSR count). The second kappa shape index (κ2) is 5.77. The Morgan fingerprint density at radius 2 is 2.05 bits per heavy atom. The molecule has 0 unspecified atom stereocenters. The molecule has 2 aliphatic rings. The van der Waals surface area contributed by atoms with Crippen molar-refractivity contribution >= 4 is 11.7 Å². The van der Waals surface area contributed by atoms with Crippen LogP contribution in [-0.4, -0.2) is 35.0 Å². The van der Waals surface area contributed by atoms with Crippen LogP contribution in [0.3, 0.4) is 0 Å². The molecule has 1 saturated heterocycles. The molecule has 2 heterocycles. The van der Waals surface area contributed by atoms with Crippen LogP contribution in [0.5, 0.6) is 0 Å². The van der Waals surface area contributed by atoms with E-state index in [4.69, 9.17) is 0 Å². The summed E-state index contributed by atoms with van der Waals surface area (Å²) in [5.41, 5.74) is 1.07. The lowest BCUT2D eigenvalue weighted by Crippen LogP contribution is -2.41. The first-order valence-corrected chi connectivity index (χ1v) is 7.62. The largest absolute Gasteiger partial charge is 0.356 e. The molecule has 0 aromatic carbocycles. The van der Waals surface area contributed by atoms with Crippen molar-refractivity contribution in [2.75, 3.05) is 18.0 Å². The number of nitrogens with one attached hydrogen (secondary N) is 1. The Morgan fingerprint density at radius 1 is 1.30 bits per heavy atom. The second-order valence-electron chi connectivity index (χ2n) is 5.77. The third kappa shape index (κ3) is 3.08. The predicted octanol–water partition coefficient (Wildman–Crippen LogP) is 1.53. The van der Waals surface area contributed by atoms with Gasteiger partial charge in [0, 0.05) is 36.8 Å². The van der Waals surface area contributed by atoms with Crippen LogP contribution in [0.25, 0.3) is 0 Å². The highest BCUT2D eigenvalue weighted by Gasteiger charge is 2.30. The zero-order valence-electron chi connectivity index (χ0n) is 12.0. The monoisotopic (exact) mass is 274 g/mol. The fraction of sp³-hybridized carbons (Fsp3) is 0.667. The van der Waals surface area contributed by atoms with Crippen LogP contribution in [0.4, 0.5) is 5.82 Å². The predicted molar refractivity (Wildman–Crippen MR) is 77.5 cm³/mol. The SMILES string of the molecule is CCc1cc(N2CCC(C(=O)NC3CC3)CC2)ncn1. The number of hydrogen-bond acceptors (Lipinski definition) is 4. The average molecular weight is 274 g/mol. The van der Waals surface area contributed by atoms with E-state index < -0.39 is 0 Å². The van der Waals surface area contributed by atoms with Crippen LogP contribution in [-0.2, 0) is 11.2 Å². The first-order valence-electron chi connectivity index (χ1n) is 7.62. The second-order valence-corrected chi connectivity index (χ2v) is 5.77. The summed E-state index contributed by atoms with van der Waals surface area (Å²) in [4.78, 5) is 22.9. The first kappa shape index (κ1) is 13.3. The van der Waals surface area contributed by atoms with E-state index in [1.54, 1.807) is 6.33 Å². The van der Waals surface area contributed by atoms with Gasteiger partial charge in [-0.05, 0) is 32.1 Å². The fourth-order valence-corrected chi connectivity index (χ4v) is 2.67. The first-order chi connectivity index (χ1) is 9.76. The summed E-state index contributed by atoms with van der Waals surface area (Å²) in [5, 5.41) is 3.11. The van der Waals surface area contributed by atoms with E-state index in [1.165, 1.54) is 0 Å². The number of carbonyl (C=O) groups excluding carboxylic acids is 1. The van der Waals surface area contributed by atoms with Gasteiger partial charge in [-0.25, -0.2) is 9.97 Å². The molecule has 0 bridgehead atoms. The molecule has 0 spiro atoms. The third-order valence-electron chi connectivity index (χ3n) is 4.18. The molecule has 20 heavy (non-hydrogen) atoms. The van der Waals surface area contributed by atoms with Crippen LogP contribution >= 0.6 is 0 Å². The van der Waals surface area contributed by atoms with Gasteiger partial charge in [0.2, 0.25) is 5.91 Å². The van der Waals surface area contributed by atoms with Crippen molar-refractivity contribution in [1.29, 1.82) is 0 Å². The quantitative estimate of drug-likeness (QED) is 0.904. The lowest BCUT2D eigenvalue weighted by Gasteiger charge is -2.32. The Hall–Kier alpha value is -1.65. The number of aryl methyl sites for hydroxylation is 1. The van der Waals surface area contributed by atoms with Crippen molar-refractivity contribution in [2.24, 2.45) is 5.92 Å². The molecule has 2 fully saturated rings. The van der Waals surface area contributed by atoms with Crippen LogP contribution in [0.1, 0.15) is 38.3 Å². The van der Waals surface area contributed by atoms with Crippen LogP contribution in [0.2, 0.25) is 0 Å². The normalized spacial score (nSPS) is 19.9. The van der Waals surface area contributed by atoms with Crippen molar-refractivity contribution in [1.82, 2.24) is 15.3 Å². The van der Waals surface area contributed by atoms with Gasteiger partial charge in [0.1, 0.15) is 12.1 Å². The Balaban J connectivity index is 1.55. The summed E-state index contributed by atoms with van der Waals surface area (Å²) in [6.45, 7) is 3.91. The molecule has 1 aromatic rings. The van der Waals surface area contributed by atoms with Crippen LogP contribution in [0, 0.1) is 5.92 Å². The Labute approximate surface area is 119 Å². The standard InChI is InChI=1S/C15H22N4O/c1-2-12-9-14(17-10-16-12)19-7-5-11(6-8-19)15(20)18-13-3-4-13/h9-11,13H,2-8H2,1H3,(H,18,20). The van der Waals surface area contributed by atoms with Crippen molar-refractivity contribution < 1.29 is 4.79 Å². The fourth-order valence-electron chi connectivity index (χ4n) is 2.67. The summed E-state index contributed by atoms with van der Waals surface area (Å²) in [6.07, 6.45) is 6.72. The molecular formula is C15H22N4O. The Bertz CT molecular complexity index is 479. The molecule has 108 valence electrons. The van der Waals surface area contributed by atoms with Gasteiger partial charge in [-0.15, -0.1) is 0 Å². The Kier molecular flexibility index (Phi) is 3.85. The topological polar surface area (TPSA) is 58.1 Å². The smallest absolute Gasteiger partial charge is 0.223 e. The number of amides is 1. The maximum atomic E-state index is 12.0. The molecule has 1 amide bonds. The highest BCUT2D eigenvalue weighted by molar-refractivity contribution is 5.79. The molecule has 1 aliphatic heterocycles. The van der Waals surface area contributed by atoms with Crippen LogP contribution in [0.15, 0.2) is 12.4 Å². The summed E-state index contributed by atoms with van der Waals surface area (Å²) >= 11 is 0. The van der Waals surface area contributed by atoms with Gasteiger partial charge in [0.25, 0.3) is 0 Å². The summed E-state index contributed by atoms with van der Waals surface area (Å²) < 4.78 is 0. The van der Waals surface area contributed by atoms with Crippen LogP contribution < -0.4 is 10.2 Å². The number of carbonyl (C=O) groups is 1. The van der Waals surface area contributed by atoms with Crippen molar-refractivity contribution in [3.05, 3.63) is 18.1 Å². The van der Waals surface area contributed by atoms with Crippen molar-refractivity contribution in [2.45, 2.75) is 45.1 Å². The van der Waals surface area contributed by atoms with E-state index >= 15 is 0 Å². The number of aromatic nitrogens is 2. The lowest BCUT2D eigenvalue weighted by atomic mass is 9.96. The van der Waals surface area contributed by atoms with Gasteiger partial charge in [-0.3, -0.25) is 4.79 Å². The maximum Gasteiger partial charge on any atom is 0.223 e. The van der Waals surface area contributed by atoms with Gasteiger partial charge in [0.05, 0.1) is 0 Å². The van der Waals surface area contributed by atoms with E-state index in [0.29, 0.717) is 6.04 Å². The van der Waals surface area contributed by atoms with Crippen molar-refractivity contribution in [3.63, 3.8) is 0 Å². The van der Waals surface area contributed by atoms with Crippen molar-refractivity contribution in [3.8, 4) is 0 Å². The zero-order chi connectivity index (χ0) is 13.9. The highest BCUT2D eigenvalue weighted by atomic mass is 16.2. The maximum absolute atomic E-state index is 12.0. The van der Waals surface area contributed by atoms with E-state index in [-0.39, 0.29) is 11.8 Å². The van der Waals surface area contributed by atoms with Gasteiger partial charge >= 0.3 is 0 Å². The minimum Gasteiger partial charge on any atom is -0.356 e. The molecule has 1 aliphatic carbocycles. The van der Waals surface area contributed by atoms with Gasteiger partial charge < -0.3 is 10.2 Å². The Morgan fingerprint density at radius 3 is 2.70 bits per heavy atom. The van der Waals surface area contributed by atoms with Gasteiger partial charge in [0.15, 0.2) is 0 Å². The molecule has 1 aromatic heterocycles. The molecule has 0 radical (unpaired) electrons. The van der Waals surface area contributed by atoms with E-state index in [1.807, 2.05) is 0 Å². The molecule has 5 nitrogen and oxygen atoms in total. The number of rotatable bonds is 4. The van der Waals surface area contributed by atoms with Gasteiger partial charge in [-0.2, -0.15) is 0 Å². The average Bonchev–Trinajstić information content (AvgIpc) is 3.31. The minimum atomic E-state index is 0.180. The van der Waals surface area contributed by atoms with E-state index in [9.17, 15) is 4.79 Å². The number of piperidine rings is 1.